The van der Waals surface area contributed by atoms with Gasteiger partial charge in [-0.15, -0.1) is 0 Å². The highest BCUT2D eigenvalue weighted by Gasteiger charge is 2.10. The molecule has 1 rings (SSSR count). The third-order valence-corrected chi connectivity index (χ3v) is 2.36. The third kappa shape index (κ3) is 2.56. The molecule has 72 valence electrons. The highest BCUT2D eigenvalue weighted by molar-refractivity contribution is 5.24. The smallest absolute Gasteiger partial charge is 0.0812 e. The minimum atomic E-state index is -0.328. The van der Waals surface area contributed by atoms with E-state index < -0.39 is 0 Å². The lowest BCUT2D eigenvalue weighted by Gasteiger charge is -2.14. The van der Waals surface area contributed by atoms with Gasteiger partial charge in [-0.1, -0.05) is 45.0 Å². The van der Waals surface area contributed by atoms with Crippen molar-refractivity contribution in [1.29, 1.82) is 0 Å². The van der Waals surface area contributed by atoms with Gasteiger partial charge in [0.15, 0.2) is 0 Å². The van der Waals surface area contributed by atoms with Gasteiger partial charge in [-0.25, -0.2) is 0 Å². The summed E-state index contributed by atoms with van der Waals surface area (Å²) in [5, 5.41) is 9.76. The molecule has 1 N–H and O–H groups in total. The van der Waals surface area contributed by atoms with Crippen molar-refractivity contribution in [3.8, 4) is 0 Å². The summed E-state index contributed by atoms with van der Waals surface area (Å²) in [6.07, 6.45) is 0.726. The summed E-state index contributed by atoms with van der Waals surface area (Å²) in [6, 6.07) is 8.20. The second kappa shape index (κ2) is 4.43. The summed E-state index contributed by atoms with van der Waals surface area (Å²) in [5.41, 5.74) is 2.34. The van der Waals surface area contributed by atoms with Crippen LogP contribution in [0.1, 0.15) is 38.0 Å². The Bertz CT molecular complexity index is 248. The Labute approximate surface area is 80.4 Å². The van der Waals surface area contributed by atoms with E-state index in [9.17, 15) is 5.11 Å². The van der Waals surface area contributed by atoms with E-state index in [2.05, 4.69) is 19.1 Å². The minimum absolute atomic E-state index is 0.285. The van der Waals surface area contributed by atoms with Crippen LogP contribution in [0.25, 0.3) is 0 Å². The molecule has 1 unspecified atom stereocenters. The molecule has 0 heterocycles. The quantitative estimate of drug-likeness (QED) is 0.754. The van der Waals surface area contributed by atoms with Crippen molar-refractivity contribution in [2.24, 2.45) is 5.92 Å². The van der Waals surface area contributed by atoms with Crippen molar-refractivity contribution >= 4 is 0 Å². The maximum atomic E-state index is 9.76. The molecule has 0 saturated heterocycles. The molecule has 13 heavy (non-hydrogen) atoms. The topological polar surface area (TPSA) is 20.2 Å². The SMILES string of the molecule is CCc1ccc(C(O)C(C)C)cc1. The van der Waals surface area contributed by atoms with Gasteiger partial charge in [0.25, 0.3) is 0 Å². The number of aryl methyl sites for hydroxylation is 1. The lowest BCUT2D eigenvalue weighted by molar-refractivity contribution is 0.127. The lowest BCUT2D eigenvalue weighted by Crippen LogP contribution is -2.05. The summed E-state index contributed by atoms with van der Waals surface area (Å²) < 4.78 is 0. The third-order valence-electron chi connectivity index (χ3n) is 2.36. The molecule has 1 atom stereocenters. The summed E-state index contributed by atoms with van der Waals surface area (Å²) in [5.74, 6) is 0.285. The molecule has 0 spiro atoms. The van der Waals surface area contributed by atoms with Crippen LogP contribution in [-0.2, 0) is 6.42 Å². The van der Waals surface area contributed by atoms with Gasteiger partial charge in [0.05, 0.1) is 6.10 Å². The Kier molecular flexibility index (Phi) is 3.49. The van der Waals surface area contributed by atoms with Crippen molar-refractivity contribution in [2.45, 2.75) is 33.3 Å². The largest absolute Gasteiger partial charge is 0.388 e. The van der Waals surface area contributed by atoms with Crippen LogP contribution in [0.5, 0.6) is 0 Å². The number of hydrogen-bond donors (Lipinski definition) is 1. The van der Waals surface area contributed by atoms with Gasteiger partial charge in [-0.05, 0) is 23.5 Å². The molecule has 0 aromatic heterocycles. The normalized spacial score (nSPS) is 13.3. The highest BCUT2D eigenvalue weighted by atomic mass is 16.3. The van der Waals surface area contributed by atoms with Crippen molar-refractivity contribution < 1.29 is 5.11 Å². The molecule has 0 aliphatic heterocycles. The van der Waals surface area contributed by atoms with Crippen LogP contribution in [0.2, 0.25) is 0 Å². The zero-order valence-electron chi connectivity index (χ0n) is 8.62. The second-order valence-electron chi connectivity index (χ2n) is 3.78. The van der Waals surface area contributed by atoms with Gasteiger partial charge in [-0.3, -0.25) is 0 Å². The van der Waals surface area contributed by atoms with Crippen molar-refractivity contribution in [3.05, 3.63) is 35.4 Å². The molecular formula is C12H18O. The Morgan fingerprint density at radius 3 is 2.08 bits per heavy atom. The van der Waals surface area contributed by atoms with Crippen molar-refractivity contribution in [3.63, 3.8) is 0 Å². The fraction of sp³-hybridized carbons (Fsp3) is 0.500. The Morgan fingerprint density at radius 2 is 1.69 bits per heavy atom. The van der Waals surface area contributed by atoms with Crippen molar-refractivity contribution in [1.82, 2.24) is 0 Å². The lowest BCUT2D eigenvalue weighted by atomic mass is 9.98. The predicted octanol–water partition coefficient (Wildman–Crippen LogP) is 2.94. The number of aliphatic hydroxyl groups is 1. The van der Waals surface area contributed by atoms with Crippen LogP contribution in [-0.4, -0.2) is 5.11 Å². The van der Waals surface area contributed by atoms with Crippen molar-refractivity contribution in [2.75, 3.05) is 0 Å². The fourth-order valence-corrected chi connectivity index (χ4v) is 1.34. The average molecular weight is 178 g/mol. The summed E-state index contributed by atoms with van der Waals surface area (Å²) >= 11 is 0. The maximum Gasteiger partial charge on any atom is 0.0812 e. The van der Waals surface area contributed by atoms with E-state index in [1.165, 1.54) is 5.56 Å². The van der Waals surface area contributed by atoms with E-state index in [4.69, 9.17) is 0 Å². The molecule has 1 nitrogen and oxygen atoms in total. The van der Waals surface area contributed by atoms with E-state index in [0.29, 0.717) is 0 Å². The molecule has 0 fully saturated rings. The predicted molar refractivity (Wildman–Crippen MR) is 55.6 cm³/mol. The van der Waals surface area contributed by atoms with Crippen LogP contribution in [0.15, 0.2) is 24.3 Å². The molecule has 1 heteroatoms. The van der Waals surface area contributed by atoms with Crippen LogP contribution in [0.4, 0.5) is 0 Å². The molecule has 0 radical (unpaired) electrons. The molecular weight excluding hydrogens is 160 g/mol. The van der Waals surface area contributed by atoms with Gasteiger partial charge in [0, 0.05) is 0 Å². The average Bonchev–Trinajstić information content (AvgIpc) is 2.17. The maximum absolute atomic E-state index is 9.76. The number of rotatable bonds is 3. The van der Waals surface area contributed by atoms with Gasteiger partial charge >= 0.3 is 0 Å². The molecule has 1 aromatic rings. The van der Waals surface area contributed by atoms with Crippen LogP contribution in [0.3, 0.4) is 0 Å². The zero-order valence-corrected chi connectivity index (χ0v) is 8.62. The summed E-state index contributed by atoms with van der Waals surface area (Å²) in [7, 11) is 0. The van der Waals surface area contributed by atoms with E-state index >= 15 is 0 Å². The molecule has 0 amide bonds. The van der Waals surface area contributed by atoms with Gasteiger partial charge in [-0.2, -0.15) is 0 Å². The second-order valence-corrected chi connectivity index (χ2v) is 3.78. The number of hydrogen-bond acceptors (Lipinski definition) is 1. The fourth-order valence-electron chi connectivity index (χ4n) is 1.34. The molecule has 0 aliphatic rings. The minimum Gasteiger partial charge on any atom is -0.388 e. The van der Waals surface area contributed by atoms with Gasteiger partial charge in [0.2, 0.25) is 0 Å². The number of benzene rings is 1. The van der Waals surface area contributed by atoms with Gasteiger partial charge in [0.1, 0.15) is 0 Å². The highest BCUT2D eigenvalue weighted by Crippen LogP contribution is 2.21. The van der Waals surface area contributed by atoms with Crippen LogP contribution >= 0.6 is 0 Å². The van der Waals surface area contributed by atoms with E-state index in [1.54, 1.807) is 0 Å². The molecule has 1 aromatic carbocycles. The first-order valence-corrected chi connectivity index (χ1v) is 4.92. The zero-order chi connectivity index (χ0) is 9.84. The first-order valence-electron chi connectivity index (χ1n) is 4.92. The Morgan fingerprint density at radius 1 is 1.15 bits per heavy atom. The molecule has 0 aliphatic carbocycles. The first kappa shape index (κ1) is 10.3. The van der Waals surface area contributed by atoms with Crippen LogP contribution < -0.4 is 0 Å². The molecule has 0 saturated carbocycles. The summed E-state index contributed by atoms with van der Waals surface area (Å²) in [6.45, 7) is 6.19. The monoisotopic (exact) mass is 178 g/mol. The standard InChI is InChI=1S/C12H18O/c1-4-10-5-7-11(8-6-10)12(13)9(2)3/h5-9,12-13H,4H2,1-3H3. The molecule has 0 bridgehead atoms. The Hall–Kier alpha value is -0.820. The Balaban J connectivity index is 2.79. The number of aliphatic hydroxyl groups excluding tert-OH is 1. The van der Waals surface area contributed by atoms with E-state index in [-0.39, 0.29) is 12.0 Å². The van der Waals surface area contributed by atoms with E-state index in [1.807, 2.05) is 26.0 Å². The van der Waals surface area contributed by atoms with Crippen LogP contribution in [0, 0.1) is 5.92 Å². The first-order chi connectivity index (χ1) is 6.15. The van der Waals surface area contributed by atoms with E-state index in [0.717, 1.165) is 12.0 Å². The summed E-state index contributed by atoms with van der Waals surface area (Å²) in [4.78, 5) is 0. The van der Waals surface area contributed by atoms with Gasteiger partial charge < -0.3 is 5.11 Å².